The van der Waals surface area contributed by atoms with Gasteiger partial charge in [-0.1, -0.05) is 191 Å². The maximum atomic E-state index is 7.19. The smallest absolute Gasteiger partial charge is 0.200 e. The van der Waals surface area contributed by atoms with Crippen molar-refractivity contribution in [3.63, 3.8) is 0 Å². The summed E-state index contributed by atoms with van der Waals surface area (Å²) in [5.41, 5.74) is 19.1. The molecule has 2 aliphatic heterocycles. The average molecular weight is 865 g/mol. The summed E-state index contributed by atoms with van der Waals surface area (Å²) in [6, 6.07) is 75.9. The molecule has 0 radical (unpaired) electrons. The second-order valence-corrected chi connectivity index (χ2v) is 19.9. The van der Waals surface area contributed by atoms with E-state index in [2.05, 4.69) is 237 Å². The molecule has 3 nitrogen and oxygen atoms in total. The molecule has 0 aliphatic carbocycles. The topological polar surface area (TPSA) is 28.4 Å². The summed E-state index contributed by atoms with van der Waals surface area (Å²) in [5, 5.41) is 8.86. The van der Waals surface area contributed by atoms with Gasteiger partial charge in [0.2, 0.25) is 7.28 Å². The summed E-state index contributed by atoms with van der Waals surface area (Å²) in [6.07, 6.45) is 0. The molecule has 0 spiro atoms. The predicted molar refractivity (Wildman–Crippen MR) is 281 cm³/mol. The second kappa shape index (κ2) is 14.7. The molecule has 11 aromatic rings. The van der Waals surface area contributed by atoms with Crippen LogP contribution in [0, 0.1) is 0 Å². The van der Waals surface area contributed by atoms with Crippen LogP contribution in [0.5, 0.6) is 0 Å². The van der Waals surface area contributed by atoms with Crippen LogP contribution in [0.15, 0.2) is 211 Å². The van der Waals surface area contributed by atoms with Crippen LogP contribution in [-0.2, 0) is 10.8 Å². The first-order chi connectivity index (χ1) is 32.4. The lowest BCUT2D eigenvalue weighted by Gasteiger charge is -2.43. The molecule has 66 heavy (non-hydrogen) atoms. The molecule has 0 saturated heterocycles. The Balaban J connectivity index is 1.17. The minimum absolute atomic E-state index is 0.0353. The van der Waals surface area contributed by atoms with Crippen LogP contribution in [0.25, 0.3) is 54.3 Å². The number of nitrogens with zero attached hydrogens (tertiary/aromatic N) is 1. The highest BCUT2D eigenvalue weighted by molar-refractivity contribution is 7.25. The second-order valence-electron chi connectivity index (χ2n) is 18.8. The maximum absolute atomic E-state index is 7.19. The van der Waals surface area contributed by atoms with E-state index in [4.69, 9.17) is 4.42 Å². The molecule has 0 saturated carbocycles. The fourth-order valence-corrected chi connectivity index (χ4v) is 12.4. The Bertz CT molecular complexity index is 3660. The summed E-state index contributed by atoms with van der Waals surface area (Å²) in [4.78, 5) is 2.59. The number of rotatable bonds is 5. The molecule has 2 aliphatic rings. The van der Waals surface area contributed by atoms with E-state index < -0.39 is 5.41 Å². The number of hydrogen-bond donors (Lipinski definition) is 1. The molecule has 9 aromatic carbocycles. The molecule has 0 bridgehead atoms. The standard InChI is InChI=1S/C61H45BN2OS/c1-60(2,3)41-34-35-50(45(36-41)38-20-7-4-8-21-38)64-51-37-46-42-26-13-17-32-52(42)65-58(46)54(56(51)62-55-43-27-14-18-33-53(43)66-59(55)64)44-28-19-30-48-57(44)63-49-31-16-15-29-47(49)61(48,39-22-9-5-10-23-39)40-24-11-6-12-25-40/h4-37,62-63H,1-3H3. The van der Waals surface area contributed by atoms with Crippen LogP contribution in [-0.4, -0.2) is 7.28 Å². The molecule has 314 valence electrons. The molecule has 0 atom stereocenters. The number of furan rings is 1. The van der Waals surface area contributed by atoms with Gasteiger partial charge < -0.3 is 14.6 Å². The van der Waals surface area contributed by atoms with Gasteiger partial charge in [0.1, 0.15) is 11.2 Å². The molecule has 0 fully saturated rings. The zero-order chi connectivity index (χ0) is 44.1. The molecule has 2 aromatic heterocycles. The van der Waals surface area contributed by atoms with Crippen molar-refractivity contribution in [2.75, 3.05) is 10.2 Å². The van der Waals surface area contributed by atoms with E-state index in [1.165, 1.54) is 70.6 Å². The molecule has 5 heteroatoms. The van der Waals surface area contributed by atoms with Crippen molar-refractivity contribution < 1.29 is 4.42 Å². The third-order valence-electron chi connectivity index (χ3n) is 14.2. The minimum atomic E-state index is -0.611. The molecular formula is C61H45BN2OS. The van der Waals surface area contributed by atoms with Crippen molar-refractivity contribution in [2.24, 2.45) is 0 Å². The highest BCUT2D eigenvalue weighted by Crippen LogP contribution is 2.57. The maximum Gasteiger partial charge on any atom is 0.200 e. The third-order valence-corrected chi connectivity index (χ3v) is 15.4. The van der Waals surface area contributed by atoms with Crippen LogP contribution in [0.4, 0.5) is 27.8 Å². The van der Waals surface area contributed by atoms with Gasteiger partial charge in [0.25, 0.3) is 0 Å². The van der Waals surface area contributed by atoms with E-state index in [9.17, 15) is 0 Å². The fraction of sp³-hybridized carbons (Fsp3) is 0.0820. The SMILES string of the molecule is CC(C)(C)c1ccc(N2c3cc4c(oc5ccccc54)c(-c4cccc5c4Nc4ccccc4C5(c4ccccc4)c4ccccc4)c3Bc3c2sc2ccccc32)c(-c2ccccc2)c1. The Labute approximate surface area is 389 Å². The summed E-state index contributed by atoms with van der Waals surface area (Å²) in [5.74, 6) is 0. The van der Waals surface area contributed by atoms with Gasteiger partial charge in [0, 0.05) is 43.5 Å². The molecule has 4 heterocycles. The number of nitrogens with one attached hydrogen (secondary N) is 1. The summed E-state index contributed by atoms with van der Waals surface area (Å²) < 4.78 is 8.47. The summed E-state index contributed by atoms with van der Waals surface area (Å²) in [7, 11) is 0.747. The van der Waals surface area contributed by atoms with E-state index in [0.29, 0.717) is 0 Å². The van der Waals surface area contributed by atoms with Gasteiger partial charge >= 0.3 is 0 Å². The van der Waals surface area contributed by atoms with E-state index >= 15 is 0 Å². The summed E-state index contributed by atoms with van der Waals surface area (Å²) in [6.45, 7) is 6.92. The van der Waals surface area contributed by atoms with Crippen LogP contribution in [0.2, 0.25) is 0 Å². The Kier molecular flexibility index (Phi) is 8.66. The number of para-hydroxylation sites is 3. The molecule has 0 unspecified atom stereocenters. The number of anilines is 5. The zero-order valence-corrected chi connectivity index (χ0v) is 37.9. The first kappa shape index (κ1) is 38.8. The monoisotopic (exact) mass is 864 g/mol. The number of thiophene rings is 1. The van der Waals surface area contributed by atoms with E-state index in [-0.39, 0.29) is 5.41 Å². The van der Waals surface area contributed by atoms with Crippen molar-refractivity contribution in [1.82, 2.24) is 0 Å². The van der Waals surface area contributed by atoms with Crippen LogP contribution in [0.3, 0.4) is 0 Å². The Morgan fingerprint density at radius 1 is 0.545 bits per heavy atom. The van der Waals surface area contributed by atoms with E-state index in [0.717, 1.165) is 57.4 Å². The molecule has 0 amide bonds. The van der Waals surface area contributed by atoms with E-state index in [1.54, 1.807) is 0 Å². The number of fused-ring (bicyclic) bond motifs is 9. The van der Waals surface area contributed by atoms with Gasteiger partial charge in [-0.3, -0.25) is 0 Å². The van der Waals surface area contributed by atoms with Gasteiger partial charge in [-0.05, 0) is 91.5 Å². The van der Waals surface area contributed by atoms with Crippen LogP contribution in [0.1, 0.15) is 48.6 Å². The van der Waals surface area contributed by atoms with Gasteiger partial charge in [0.05, 0.1) is 21.8 Å². The summed E-state index contributed by atoms with van der Waals surface area (Å²) >= 11 is 1.89. The van der Waals surface area contributed by atoms with Crippen LogP contribution >= 0.6 is 11.3 Å². The Morgan fingerprint density at radius 2 is 1.20 bits per heavy atom. The van der Waals surface area contributed by atoms with Gasteiger partial charge in [-0.25, -0.2) is 0 Å². The average Bonchev–Trinajstić information content (AvgIpc) is 3.92. The quantitative estimate of drug-likeness (QED) is 0.175. The van der Waals surface area contributed by atoms with Gasteiger partial charge in [-0.2, -0.15) is 0 Å². The van der Waals surface area contributed by atoms with Gasteiger partial charge in [-0.15, -0.1) is 11.3 Å². The van der Waals surface area contributed by atoms with Crippen LogP contribution < -0.4 is 21.1 Å². The molecule has 13 rings (SSSR count). The highest BCUT2D eigenvalue weighted by Gasteiger charge is 2.45. The minimum Gasteiger partial charge on any atom is -0.455 e. The zero-order valence-electron chi connectivity index (χ0n) is 37.1. The van der Waals surface area contributed by atoms with Crippen molar-refractivity contribution in [1.29, 1.82) is 0 Å². The first-order valence-corrected chi connectivity index (χ1v) is 23.8. The largest absolute Gasteiger partial charge is 0.455 e. The molecular weight excluding hydrogens is 820 g/mol. The normalized spacial score (nSPS) is 13.7. The predicted octanol–water partition coefficient (Wildman–Crippen LogP) is 15.0. The number of benzene rings is 9. The van der Waals surface area contributed by atoms with E-state index in [1.807, 2.05) is 11.3 Å². The third kappa shape index (κ3) is 5.69. The fourth-order valence-electron chi connectivity index (χ4n) is 11.1. The lowest BCUT2D eigenvalue weighted by molar-refractivity contribution is 0.590. The number of hydrogen-bond acceptors (Lipinski definition) is 4. The van der Waals surface area contributed by atoms with Crippen molar-refractivity contribution >= 4 is 89.3 Å². The Morgan fingerprint density at radius 3 is 1.95 bits per heavy atom. The molecule has 1 N–H and O–H groups in total. The van der Waals surface area contributed by atoms with Crippen molar-refractivity contribution in [3.8, 4) is 22.3 Å². The lowest BCUT2D eigenvalue weighted by Crippen LogP contribution is -2.40. The Hall–Kier alpha value is -7.60. The van der Waals surface area contributed by atoms with Crippen molar-refractivity contribution in [2.45, 2.75) is 31.6 Å². The lowest BCUT2D eigenvalue weighted by atomic mass is 9.58. The van der Waals surface area contributed by atoms with Gasteiger partial charge in [0.15, 0.2) is 0 Å². The first-order valence-electron chi connectivity index (χ1n) is 23.0. The van der Waals surface area contributed by atoms with Crippen molar-refractivity contribution in [3.05, 3.63) is 234 Å². The highest BCUT2D eigenvalue weighted by atomic mass is 32.1.